The van der Waals surface area contributed by atoms with E-state index in [9.17, 15) is 0 Å². The topological polar surface area (TPSA) is 333 Å². The van der Waals surface area contributed by atoms with Crippen molar-refractivity contribution in [3.8, 4) is 0 Å². The molecule has 0 saturated carbocycles. The van der Waals surface area contributed by atoms with Gasteiger partial charge in [-0.3, -0.25) is 0 Å². The third kappa shape index (κ3) is 35600. The zero-order valence-electron chi connectivity index (χ0n) is 9.47. The zero-order chi connectivity index (χ0) is 18.0. The average molecular weight is 502 g/mol. The molecule has 8 N–H and O–H groups in total. The van der Waals surface area contributed by atoms with Gasteiger partial charge in [0, 0.05) is 0 Å². The first-order chi connectivity index (χ1) is 8.00. The molecule has 22 heteroatoms. The summed E-state index contributed by atoms with van der Waals surface area (Å²) < 4.78 is 106. The van der Waals surface area contributed by atoms with Crippen molar-refractivity contribution in [3.05, 3.63) is 0 Å². The number of rotatable bonds is 0. The quantitative estimate of drug-likeness (QED) is 0.178. The summed E-state index contributed by atoms with van der Waals surface area (Å²) in [5, 5.41) is 15.1. The van der Waals surface area contributed by atoms with Crippen LogP contribution >= 0.6 is 0 Å². The fourth-order valence-corrected chi connectivity index (χ4v) is 0. The Balaban J connectivity index is -0.0000000376. The fourth-order valence-electron chi connectivity index (χ4n) is 0. The minimum atomic E-state index is -4.42. The smallest absolute Gasteiger partial charge is 0.736 e. The summed E-state index contributed by atoms with van der Waals surface area (Å²) in [4.78, 5) is 0. The molecule has 0 saturated heterocycles. The molecule has 0 aliphatic carbocycles. The molecule has 0 rings (SSSR count). The van der Waals surface area contributed by atoms with E-state index in [4.69, 9.17) is 51.9 Å². The maximum Gasteiger partial charge on any atom is 2.00 e. The van der Waals surface area contributed by atoms with Crippen molar-refractivity contribution in [2.75, 3.05) is 0 Å². The largest absolute Gasteiger partial charge is 2.00 e. The van der Waals surface area contributed by atoms with Crippen molar-refractivity contribution in [2.24, 2.45) is 20.6 Å². The van der Waals surface area contributed by atoms with Crippen LogP contribution < -0.4 is 20.6 Å². The SMILES string of the molecule is NS(=O)(=O)[O-].NS(=O)(=O)[O-].NS(=O)(=O)[O-].NS(=O)(=O)[O-].[Ni+2].[Ni+2]. The number of nitrogens with two attached hydrogens (primary N) is 4. The first-order valence-corrected chi connectivity index (χ1v) is 8.83. The zero-order valence-corrected chi connectivity index (χ0v) is 14.7. The first-order valence-electron chi connectivity index (χ1n) is 2.94. The second-order valence-corrected chi connectivity index (χ2v) is 5.91. The van der Waals surface area contributed by atoms with Gasteiger partial charge < -0.3 is 18.2 Å². The van der Waals surface area contributed by atoms with E-state index in [0.717, 1.165) is 0 Å². The van der Waals surface area contributed by atoms with E-state index in [2.05, 4.69) is 20.6 Å². The molecule has 0 bridgehead atoms. The van der Waals surface area contributed by atoms with Crippen LogP contribution in [0.4, 0.5) is 0 Å². The van der Waals surface area contributed by atoms with Gasteiger partial charge in [-0.15, -0.1) is 0 Å². The van der Waals surface area contributed by atoms with Crippen LogP contribution in [-0.2, 0) is 74.2 Å². The Bertz CT molecular complexity index is 490. The van der Waals surface area contributed by atoms with Crippen LogP contribution in [-0.4, -0.2) is 51.9 Å². The molecule has 0 fully saturated rings. The molecule has 0 aromatic carbocycles. The summed E-state index contributed by atoms with van der Waals surface area (Å²) >= 11 is 0. The third-order valence-corrected chi connectivity index (χ3v) is 0. The normalized spacial score (nSPS) is 10.5. The van der Waals surface area contributed by atoms with Gasteiger partial charge in [0.25, 0.3) is 0 Å². The van der Waals surface area contributed by atoms with Crippen LogP contribution in [0.15, 0.2) is 0 Å². The Labute approximate surface area is 146 Å². The van der Waals surface area contributed by atoms with Crippen molar-refractivity contribution >= 4 is 41.2 Å². The number of hydrogen-bond donors (Lipinski definition) is 4. The first kappa shape index (κ1) is 38.2. The Morgan fingerprint density at radius 2 is 0.409 bits per heavy atom. The van der Waals surface area contributed by atoms with Gasteiger partial charge >= 0.3 is 33.0 Å². The molecule has 0 heterocycles. The molecule has 0 atom stereocenters. The van der Waals surface area contributed by atoms with Crippen molar-refractivity contribution in [1.82, 2.24) is 0 Å². The van der Waals surface area contributed by atoms with Gasteiger partial charge in [-0.1, -0.05) is 0 Å². The minimum Gasteiger partial charge on any atom is -0.736 e. The van der Waals surface area contributed by atoms with Gasteiger partial charge in [0.15, 0.2) is 41.2 Å². The Hall–Kier alpha value is 0.467. The van der Waals surface area contributed by atoms with Crippen LogP contribution in [0.25, 0.3) is 0 Å². The standard InChI is InChI=1S/4H3NO3S.2Ni/c4*1-5(2,3)4;;/h4*(H3,1,2,3,4);;/q;;;;2*+2/p-4. The summed E-state index contributed by atoms with van der Waals surface area (Å²) in [6.45, 7) is 0. The van der Waals surface area contributed by atoms with Gasteiger partial charge in [-0.2, -0.15) is 0 Å². The molecule has 0 aliphatic rings. The summed E-state index contributed by atoms with van der Waals surface area (Å²) in [5.41, 5.74) is 0. The van der Waals surface area contributed by atoms with Gasteiger partial charge in [0.05, 0.1) is 0 Å². The van der Waals surface area contributed by atoms with E-state index < -0.39 is 41.2 Å². The Morgan fingerprint density at radius 3 is 0.409 bits per heavy atom. The van der Waals surface area contributed by atoms with Crippen molar-refractivity contribution < 1.29 is 84.9 Å². The second kappa shape index (κ2) is 15.0. The summed E-state index contributed by atoms with van der Waals surface area (Å²) in [6.07, 6.45) is 0. The molecule has 0 aromatic rings. The average Bonchev–Trinajstić information content (AvgIpc) is 1.62. The van der Waals surface area contributed by atoms with Crippen molar-refractivity contribution in [1.29, 1.82) is 0 Å². The third-order valence-electron chi connectivity index (χ3n) is 0. The summed E-state index contributed by atoms with van der Waals surface area (Å²) in [7, 11) is -17.7. The van der Waals surface area contributed by atoms with Crippen LogP contribution in [0.1, 0.15) is 0 Å². The van der Waals surface area contributed by atoms with Crippen molar-refractivity contribution in [3.63, 3.8) is 0 Å². The molecule has 0 aromatic heterocycles. The number of hydrogen-bond acceptors (Lipinski definition) is 12. The Morgan fingerprint density at radius 1 is 0.409 bits per heavy atom. The van der Waals surface area contributed by atoms with Gasteiger partial charge in [-0.25, -0.2) is 54.2 Å². The molecule has 0 amide bonds. The predicted molar refractivity (Wildman–Crippen MR) is 55.5 cm³/mol. The fraction of sp³-hybridized carbons (Fsp3) is 0. The van der Waals surface area contributed by atoms with Crippen LogP contribution in [0.5, 0.6) is 0 Å². The molecule has 0 spiro atoms. The van der Waals surface area contributed by atoms with E-state index in [1.54, 1.807) is 0 Å². The molecule has 0 unspecified atom stereocenters. The molecule has 0 aliphatic heterocycles. The molecule has 22 heavy (non-hydrogen) atoms. The van der Waals surface area contributed by atoms with Crippen LogP contribution in [0, 0.1) is 0 Å². The van der Waals surface area contributed by atoms with Crippen molar-refractivity contribution in [2.45, 2.75) is 0 Å². The van der Waals surface area contributed by atoms with Crippen LogP contribution in [0.3, 0.4) is 0 Å². The van der Waals surface area contributed by atoms with Gasteiger partial charge in [-0.05, 0) is 0 Å². The van der Waals surface area contributed by atoms with Gasteiger partial charge in [0.1, 0.15) is 0 Å². The van der Waals surface area contributed by atoms with E-state index in [1.165, 1.54) is 0 Å². The maximum absolute atomic E-state index is 8.85. The molecule has 144 valence electrons. The van der Waals surface area contributed by atoms with Crippen LogP contribution in [0.2, 0.25) is 0 Å². The molecular formula is H8N4Ni2O12S4. The predicted octanol–water partition coefficient (Wildman–Crippen LogP) is -6.38. The summed E-state index contributed by atoms with van der Waals surface area (Å²) in [6, 6.07) is 0. The monoisotopic (exact) mass is 500 g/mol. The van der Waals surface area contributed by atoms with E-state index in [1.807, 2.05) is 0 Å². The molecular weight excluding hydrogens is 494 g/mol. The maximum atomic E-state index is 8.85. The molecule has 16 nitrogen and oxygen atoms in total. The van der Waals surface area contributed by atoms with E-state index in [0.29, 0.717) is 0 Å². The van der Waals surface area contributed by atoms with E-state index in [-0.39, 0.29) is 33.0 Å². The Kier molecular flexibility index (Phi) is 26.1. The second-order valence-electron chi connectivity index (χ2n) is 1.97. The summed E-state index contributed by atoms with van der Waals surface area (Å²) in [5.74, 6) is 0. The molecule has 0 radical (unpaired) electrons. The minimum absolute atomic E-state index is 0. The van der Waals surface area contributed by atoms with E-state index >= 15 is 0 Å². The van der Waals surface area contributed by atoms with Gasteiger partial charge in [0.2, 0.25) is 0 Å².